The zero-order valence-corrected chi connectivity index (χ0v) is 8.61. The van der Waals surface area contributed by atoms with Crippen LogP contribution < -0.4 is 5.73 Å². The fraction of sp³-hybridized carbons (Fsp3) is 0.375. The molecular weight excluding hydrogens is 242 g/mol. The van der Waals surface area contributed by atoms with E-state index in [2.05, 4.69) is 20.9 Å². The molecule has 2 nitrogen and oxygen atoms in total. The van der Waals surface area contributed by atoms with Crippen molar-refractivity contribution in [2.45, 2.75) is 18.7 Å². The van der Waals surface area contributed by atoms with Crippen molar-refractivity contribution in [1.82, 2.24) is 4.98 Å². The van der Waals surface area contributed by atoms with Crippen molar-refractivity contribution in [2.24, 2.45) is 0 Å². The number of nitrogen functional groups attached to an aromatic ring is 1. The van der Waals surface area contributed by atoms with Gasteiger partial charge in [0, 0.05) is 5.33 Å². The number of pyridine rings is 1. The maximum Gasteiger partial charge on any atom is 0.282 e. The van der Waals surface area contributed by atoms with Crippen LogP contribution in [0.25, 0.3) is 0 Å². The molecule has 72 valence electrons. The van der Waals surface area contributed by atoms with E-state index in [1.807, 2.05) is 0 Å². The zero-order valence-electron chi connectivity index (χ0n) is 7.02. The molecule has 0 spiro atoms. The minimum atomic E-state index is -2.61. The average molecular weight is 251 g/mol. The molecule has 1 aromatic rings. The predicted molar refractivity (Wildman–Crippen MR) is 51.0 cm³/mol. The Kier molecular flexibility index (Phi) is 3.19. The molecule has 0 aliphatic rings. The highest BCUT2D eigenvalue weighted by Crippen LogP contribution is 2.25. The second-order valence-corrected chi connectivity index (χ2v) is 3.22. The van der Waals surface area contributed by atoms with E-state index in [4.69, 9.17) is 5.73 Å². The molecular formula is C8H9BrF2N2. The molecule has 0 amide bonds. The Bertz CT molecular complexity index is 315. The van der Waals surface area contributed by atoms with Crippen LogP contribution in [0.3, 0.4) is 0 Å². The highest BCUT2D eigenvalue weighted by Gasteiger charge is 2.14. The molecule has 0 aromatic carbocycles. The van der Waals surface area contributed by atoms with Gasteiger partial charge >= 0.3 is 0 Å². The molecule has 0 aliphatic carbocycles. The van der Waals surface area contributed by atoms with Crippen molar-refractivity contribution >= 4 is 21.6 Å². The van der Waals surface area contributed by atoms with Crippen LogP contribution >= 0.6 is 15.9 Å². The summed E-state index contributed by atoms with van der Waals surface area (Å²) in [4.78, 5) is 3.77. The Morgan fingerprint density at radius 1 is 1.62 bits per heavy atom. The Balaban J connectivity index is 3.22. The van der Waals surface area contributed by atoms with Gasteiger partial charge in [0.15, 0.2) is 0 Å². The normalized spacial score (nSPS) is 10.8. The highest BCUT2D eigenvalue weighted by atomic mass is 79.9. The summed E-state index contributed by atoms with van der Waals surface area (Å²) >= 11 is 3.17. The van der Waals surface area contributed by atoms with Crippen LogP contribution in [0.5, 0.6) is 0 Å². The van der Waals surface area contributed by atoms with Crippen molar-refractivity contribution in [3.63, 3.8) is 0 Å². The SMILES string of the molecule is Cc1cc(N)c(C(F)F)nc1CBr. The molecule has 0 bridgehead atoms. The van der Waals surface area contributed by atoms with E-state index in [-0.39, 0.29) is 11.4 Å². The minimum Gasteiger partial charge on any atom is -0.397 e. The smallest absolute Gasteiger partial charge is 0.282 e. The van der Waals surface area contributed by atoms with E-state index in [0.29, 0.717) is 11.0 Å². The molecule has 0 saturated carbocycles. The summed E-state index contributed by atoms with van der Waals surface area (Å²) in [7, 11) is 0. The first kappa shape index (κ1) is 10.4. The molecule has 0 fully saturated rings. The summed E-state index contributed by atoms with van der Waals surface area (Å²) < 4.78 is 24.6. The maximum absolute atomic E-state index is 12.3. The van der Waals surface area contributed by atoms with Gasteiger partial charge in [0.25, 0.3) is 6.43 Å². The molecule has 13 heavy (non-hydrogen) atoms. The predicted octanol–water partition coefficient (Wildman–Crippen LogP) is 2.80. The second kappa shape index (κ2) is 4.00. The van der Waals surface area contributed by atoms with Gasteiger partial charge in [-0.25, -0.2) is 13.8 Å². The lowest BCUT2D eigenvalue weighted by Gasteiger charge is -2.08. The zero-order chi connectivity index (χ0) is 10.0. The standard InChI is InChI=1S/C8H9BrF2N2/c1-4-2-5(12)7(8(10)11)13-6(4)3-9/h2,8H,3,12H2,1H3. The molecule has 1 heterocycles. The fourth-order valence-corrected chi connectivity index (χ4v) is 1.57. The highest BCUT2D eigenvalue weighted by molar-refractivity contribution is 9.08. The lowest BCUT2D eigenvalue weighted by molar-refractivity contribution is 0.147. The quantitative estimate of drug-likeness (QED) is 0.821. The molecule has 1 rings (SSSR count). The lowest BCUT2D eigenvalue weighted by Crippen LogP contribution is -2.03. The van der Waals surface area contributed by atoms with E-state index in [9.17, 15) is 8.78 Å². The number of halogens is 3. The van der Waals surface area contributed by atoms with Crippen LogP contribution in [0.4, 0.5) is 14.5 Å². The number of rotatable bonds is 2. The minimum absolute atomic E-state index is 0.0530. The third-order valence-corrected chi connectivity index (χ3v) is 2.24. The van der Waals surface area contributed by atoms with Crippen molar-refractivity contribution in [2.75, 3.05) is 5.73 Å². The van der Waals surface area contributed by atoms with Crippen LogP contribution in [0.1, 0.15) is 23.4 Å². The van der Waals surface area contributed by atoms with Crippen LogP contribution in [-0.4, -0.2) is 4.98 Å². The second-order valence-electron chi connectivity index (χ2n) is 2.66. The molecule has 0 unspecified atom stereocenters. The number of anilines is 1. The van der Waals surface area contributed by atoms with Crippen molar-refractivity contribution in [3.8, 4) is 0 Å². The number of nitrogens with zero attached hydrogens (tertiary/aromatic N) is 1. The van der Waals surface area contributed by atoms with E-state index in [1.54, 1.807) is 6.92 Å². The Hall–Kier alpha value is -0.710. The number of hydrogen-bond donors (Lipinski definition) is 1. The lowest BCUT2D eigenvalue weighted by atomic mass is 10.2. The van der Waals surface area contributed by atoms with Crippen molar-refractivity contribution in [3.05, 3.63) is 23.0 Å². The monoisotopic (exact) mass is 250 g/mol. The fourth-order valence-electron chi connectivity index (χ4n) is 0.999. The van der Waals surface area contributed by atoms with Gasteiger partial charge in [-0.15, -0.1) is 0 Å². The summed E-state index contributed by atoms with van der Waals surface area (Å²) in [6.45, 7) is 1.79. The van der Waals surface area contributed by atoms with E-state index in [1.165, 1.54) is 6.07 Å². The van der Waals surface area contributed by atoms with Gasteiger partial charge in [-0.1, -0.05) is 15.9 Å². The van der Waals surface area contributed by atoms with Crippen LogP contribution in [-0.2, 0) is 5.33 Å². The van der Waals surface area contributed by atoms with Gasteiger partial charge in [0.05, 0.1) is 11.4 Å². The summed E-state index contributed by atoms with van der Waals surface area (Å²) in [6.07, 6.45) is -2.61. The number of aryl methyl sites for hydroxylation is 1. The molecule has 0 saturated heterocycles. The van der Waals surface area contributed by atoms with E-state index < -0.39 is 6.43 Å². The molecule has 1 aromatic heterocycles. The largest absolute Gasteiger partial charge is 0.397 e. The first-order valence-corrected chi connectivity index (χ1v) is 4.78. The summed E-state index contributed by atoms with van der Waals surface area (Å²) in [6, 6.07) is 1.52. The summed E-state index contributed by atoms with van der Waals surface area (Å²) in [5.74, 6) is 0. The number of aromatic nitrogens is 1. The molecule has 0 aliphatic heterocycles. The Morgan fingerprint density at radius 3 is 2.69 bits per heavy atom. The molecule has 5 heteroatoms. The number of nitrogens with two attached hydrogens (primary N) is 1. The number of alkyl halides is 3. The van der Waals surface area contributed by atoms with Crippen LogP contribution in [0.15, 0.2) is 6.07 Å². The van der Waals surface area contributed by atoms with Crippen molar-refractivity contribution < 1.29 is 8.78 Å². The topological polar surface area (TPSA) is 38.9 Å². The maximum atomic E-state index is 12.3. The summed E-state index contributed by atoms with van der Waals surface area (Å²) in [5, 5.41) is 0.457. The van der Waals surface area contributed by atoms with Gasteiger partial charge in [0.2, 0.25) is 0 Å². The van der Waals surface area contributed by atoms with Crippen LogP contribution in [0, 0.1) is 6.92 Å². The van der Waals surface area contributed by atoms with Gasteiger partial charge in [-0.3, -0.25) is 0 Å². The first-order valence-electron chi connectivity index (χ1n) is 3.66. The third-order valence-electron chi connectivity index (χ3n) is 1.71. The van der Waals surface area contributed by atoms with Gasteiger partial charge < -0.3 is 5.73 Å². The third kappa shape index (κ3) is 2.15. The van der Waals surface area contributed by atoms with Gasteiger partial charge in [-0.2, -0.15) is 0 Å². The van der Waals surface area contributed by atoms with Crippen molar-refractivity contribution in [1.29, 1.82) is 0 Å². The number of hydrogen-bond acceptors (Lipinski definition) is 2. The van der Waals surface area contributed by atoms with Gasteiger partial charge in [-0.05, 0) is 18.6 Å². The van der Waals surface area contributed by atoms with E-state index >= 15 is 0 Å². The molecule has 0 radical (unpaired) electrons. The van der Waals surface area contributed by atoms with Crippen LogP contribution in [0.2, 0.25) is 0 Å². The Labute approximate surface area is 83.3 Å². The summed E-state index contributed by atoms with van der Waals surface area (Å²) in [5.41, 5.74) is 6.53. The van der Waals surface area contributed by atoms with E-state index in [0.717, 1.165) is 5.56 Å². The average Bonchev–Trinajstić information content (AvgIpc) is 2.03. The first-order chi connectivity index (χ1) is 6.06. The molecule has 0 atom stereocenters. The molecule has 2 N–H and O–H groups in total. The van der Waals surface area contributed by atoms with Gasteiger partial charge in [0.1, 0.15) is 5.69 Å². The Morgan fingerprint density at radius 2 is 2.23 bits per heavy atom.